The van der Waals surface area contributed by atoms with Crippen LogP contribution in [0, 0.1) is 5.92 Å². The van der Waals surface area contributed by atoms with E-state index in [2.05, 4.69) is 88.4 Å². The maximum atomic E-state index is 6.58. The van der Waals surface area contributed by atoms with Crippen LogP contribution in [0.15, 0.2) is 60.7 Å². The van der Waals surface area contributed by atoms with Crippen molar-refractivity contribution in [1.29, 1.82) is 0 Å². The minimum absolute atomic E-state index is 0.152. The second-order valence-electron chi connectivity index (χ2n) is 7.31. The van der Waals surface area contributed by atoms with Crippen LogP contribution in [0.25, 0.3) is 0 Å². The quantitative estimate of drug-likeness (QED) is 0.747. The van der Waals surface area contributed by atoms with E-state index in [-0.39, 0.29) is 11.5 Å². The molecule has 2 aromatic rings. The number of hydrogen-bond donors (Lipinski definition) is 1. The summed E-state index contributed by atoms with van der Waals surface area (Å²) >= 11 is 0. The highest BCUT2D eigenvalue weighted by atomic mass is 16.5. The van der Waals surface area contributed by atoms with Crippen LogP contribution in [-0.2, 0) is 16.8 Å². The van der Waals surface area contributed by atoms with Gasteiger partial charge >= 0.3 is 0 Å². The molecule has 0 aliphatic rings. The van der Waals surface area contributed by atoms with Gasteiger partial charge in [0.25, 0.3) is 0 Å². The van der Waals surface area contributed by atoms with Crippen molar-refractivity contribution in [2.75, 3.05) is 6.61 Å². The number of ether oxygens (including phenoxy) is 1. The minimum atomic E-state index is -0.434. The molecule has 2 N–H and O–H groups in total. The molecule has 130 valence electrons. The molecule has 0 aromatic heterocycles. The summed E-state index contributed by atoms with van der Waals surface area (Å²) in [5.74, 6) is 0.152. The molecule has 0 spiro atoms. The molecule has 2 aromatic carbocycles. The maximum absolute atomic E-state index is 6.58. The molecule has 2 heteroatoms. The Morgan fingerprint density at radius 2 is 1.50 bits per heavy atom. The fraction of sp³-hybridized carbons (Fsp3) is 0.455. The van der Waals surface area contributed by atoms with Crippen LogP contribution in [0.5, 0.6) is 0 Å². The summed E-state index contributed by atoms with van der Waals surface area (Å²) in [7, 11) is 0. The molecule has 0 radical (unpaired) electrons. The van der Waals surface area contributed by atoms with Gasteiger partial charge in [-0.3, -0.25) is 0 Å². The molecule has 0 fully saturated rings. The maximum Gasteiger partial charge on any atom is 0.101 e. The highest BCUT2D eigenvalue weighted by Crippen LogP contribution is 2.41. The topological polar surface area (TPSA) is 35.2 Å². The van der Waals surface area contributed by atoms with Crippen molar-refractivity contribution in [3.8, 4) is 0 Å². The third-order valence-electron chi connectivity index (χ3n) is 4.95. The molecule has 0 bridgehead atoms. The van der Waals surface area contributed by atoms with Crippen LogP contribution in [0.1, 0.15) is 45.2 Å². The lowest BCUT2D eigenvalue weighted by atomic mass is 9.70. The molecule has 24 heavy (non-hydrogen) atoms. The molecule has 2 unspecified atom stereocenters. The lowest BCUT2D eigenvalue weighted by Gasteiger charge is -2.45. The van der Waals surface area contributed by atoms with E-state index in [0.29, 0.717) is 0 Å². The zero-order chi connectivity index (χ0) is 17.6. The first-order valence-electron chi connectivity index (χ1n) is 8.92. The average Bonchev–Trinajstić information content (AvgIpc) is 2.59. The molecular weight excluding hydrogens is 294 g/mol. The highest BCUT2D eigenvalue weighted by Gasteiger charge is 2.44. The van der Waals surface area contributed by atoms with E-state index in [1.165, 1.54) is 11.1 Å². The van der Waals surface area contributed by atoms with Gasteiger partial charge in [0, 0.05) is 24.5 Å². The Kier molecular flexibility index (Phi) is 6.20. The number of hydrogen-bond acceptors (Lipinski definition) is 2. The van der Waals surface area contributed by atoms with Gasteiger partial charge < -0.3 is 10.5 Å². The van der Waals surface area contributed by atoms with E-state index in [4.69, 9.17) is 10.5 Å². The third-order valence-corrected chi connectivity index (χ3v) is 4.95. The van der Waals surface area contributed by atoms with E-state index in [9.17, 15) is 0 Å². The van der Waals surface area contributed by atoms with Crippen LogP contribution in [0.3, 0.4) is 0 Å². The summed E-state index contributed by atoms with van der Waals surface area (Å²) in [6.07, 6.45) is 1.81. The summed E-state index contributed by atoms with van der Waals surface area (Å²) < 4.78 is 6.58. The Morgan fingerprint density at radius 3 is 2.00 bits per heavy atom. The summed E-state index contributed by atoms with van der Waals surface area (Å²) in [6.45, 7) is 9.27. The van der Waals surface area contributed by atoms with Crippen LogP contribution in [0.4, 0.5) is 0 Å². The van der Waals surface area contributed by atoms with Gasteiger partial charge in [-0.2, -0.15) is 0 Å². The van der Waals surface area contributed by atoms with Gasteiger partial charge in [0.15, 0.2) is 0 Å². The molecule has 2 nitrogen and oxygen atoms in total. The van der Waals surface area contributed by atoms with Crippen molar-refractivity contribution in [2.45, 2.75) is 51.7 Å². The van der Waals surface area contributed by atoms with Gasteiger partial charge in [-0.05, 0) is 31.4 Å². The van der Waals surface area contributed by atoms with E-state index < -0.39 is 5.60 Å². The van der Waals surface area contributed by atoms with Crippen LogP contribution < -0.4 is 5.73 Å². The summed E-state index contributed by atoms with van der Waals surface area (Å²) in [5.41, 5.74) is 8.24. The molecule has 0 aliphatic heterocycles. The standard InChI is InChI=1S/C22H31NO/c1-5-16-24-22(18(2)21(3,4)23,20-14-10-7-11-15-20)17-19-12-8-6-9-13-19/h6-15,18H,5,16-17,23H2,1-4H3. The zero-order valence-electron chi connectivity index (χ0n) is 15.5. The average molecular weight is 325 g/mol. The molecule has 0 saturated carbocycles. The Labute approximate surface area is 147 Å². The summed E-state index contributed by atoms with van der Waals surface area (Å²) in [4.78, 5) is 0. The van der Waals surface area contributed by atoms with E-state index >= 15 is 0 Å². The number of nitrogens with two attached hydrogens (primary N) is 1. The molecular formula is C22H31NO. The molecule has 0 saturated heterocycles. The van der Waals surface area contributed by atoms with E-state index in [1.807, 2.05) is 0 Å². The first-order valence-corrected chi connectivity index (χ1v) is 8.92. The predicted octanol–water partition coefficient (Wildman–Crippen LogP) is 4.92. The number of benzene rings is 2. The molecule has 2 atom stereocenters. The predicted molar refractivity (Wildman–Crippen MR) is 102 cm³/mol. The van der Waals surface area contributed by atoms with E-state index in [1.54, 1.807) is 0 Å². The zero-order valence-corrected chi connectivity index (χ0v) is 15.5. The van der Waals surface area contributed by atoms with Crippen molar-refractivity contribution in [3.63, 3.8) is 0 Å². The van der Waals surface area contributed by atoms with Crippen molar-refractivity contribution < 1.29 is 4.74 Å². The second-order valence-corrected chi connectivity index (χ2v) is 7.31. The van der Waals surface area contributed by atoms with Crippen molar-refractivity contribution >= 4 is 0 Å². The summed E-state index contributed by atoms with van der Waals surface area (Å²) in [6, 6.07) is 21.1. The first kappa shape index (κ1) is 18.7. The van der Waals surface area contributed by atoms with Gasteiger partial charge in [0.2, 0.25) is 0 Å². The highest BCUT2D eigenvalue weighted by molar-refractivity contribution is 5.29. The summed E-state index contributed by atoms with van der Waals surface area (Å²) in [5, 5.41) is 0. The van der Waals surface area contributed by atoms with Crippen LogP contribution in [-0.4, -0.2) is 12.1 Å². The monoisotopic (exact) mass is 325 g/mol. The normalized spacial score (nSPS) is 15.7. The van der Waals surface area contributed by atoms with E-state index in [0.717, 1.165) is 19.4 Å². The van der Waals surface area contributed by atoms with Crippen LogP contribution >= 0.6 is 0 Å². The Bertz CT molecular complexity index is 603. The lowest BCUT2D eigenvalue weighted by molar-refractivity contribution is -0.105. The van der Waals surface area contributed by atoms with Crippen molar-refractivity contribution in [3.05, 3.63) is 71.8 Å². The lowest BCUT2D eigenvalue weighted by Crippen LogP contribution is -2.53. The Hall–Kier alpha value is -1.64. The van der Waals surface area contributed by atoms with Gasteiger partial charge in [-0.25, -0.2) is 0 Å². The molecule has 0 aliphatic carbocycles. The molecule has 0 amide bonds. The largest absolute Gasteiger partial charge is 0.370 e. The van der Waals surface area contributed by atoms with Crippen LogP contribution in [0.2, 0.25) is 0 Å². The second kappa shape index (κ2) is 7.96. The molecule has 2 rings (SSSR count). The van der Waals surface area contributed by atoms with Gasteiger partial charge in [-0.1, -0.05) is 74.5 Å². The van der Waals surface area contributed by atoms with Gasteiger partial charge in [0.05, 0.1) is 0 Å². The molecule has 0 heterocycles. The minimum Gasteiger partial charge on any atom is -0.370 e. The van der Waals surface area contributed by atoms with Gasteiger partial charge in [0.1, 0.15) is 5.60 Å². The van der Waals surface area contributed by atoms with Crippen molar-refractivity contribution in [1.82, 2.24) is 0 Å². The Balaban J connectivity index is 2.54. The van der Waals surface area contributed by atoms with Crippen molar-refractivity contribution in [2.24, 2.45) is 11.7 Å². The first-order chi connectivity index (χ1) is 11.4. The Morgan fingerprint density at radius 1 is 0.958 bits per heavy atom. The van der Waals surface area contributed by atoms with Gasteiger partial charge in [-0.15, -0.1) is 0 Å². The fourth-order valence-corrected chi connectivity index (χ4v) is 3.27. The fourth-order valence-electron chi connectivity index (χ4n) is 3.27. The SMILES string of the molecule is CCCOC(Cc1ccccc1)(c1ccccc1)C(C)C(C)(C)N. The smallest absolute Gasteiger partial charge is 0.101 e. The third kappa shape index (κ3) is 4.25. The number of rotatable bonds is 8.